The second-order valence-corrected chi connectivity index (χ2v) is 7.86. The van der Waals surface area contributed by atoms with E-state index in [9.17, 15) is 0 Å². The number of aryl methyl sites for hydroxylation is 1. The van der Waals surface area contributed by atoms with E-state index in [2.05, 4.69) is 34.7 Å². The molecule has 0 saturated carbocycles. The predicted molar refractivity (Wildman–Crippen MR) is 129 cm³/mol. The van der Waals surface area contributed by atoms with Crippen LogP contribution < -0.4 is 14.8 Å². The third-order valence-electron chi connectivity index (χ3n) is 5.49. The number of rotatable bonds is 11. The van der Waals surface area contributed by atoms with Gasteiger partial charge in [0.25, 0.3) is 0 Å². The van der Waals surface area contributed by atoms with Crippen LogP contribution in [-0.2, 0) is 19.4 Å². The Hall–Kier alpha value is -3.68. The Balaban J connectivity index is 1.55. The second kappa shape index (κ2) is 10.8. The van der Waals surface area contributed by atoms with E-state index in [0.29, 0.717) is 18.6 Å². The molecule has 4 rings (SSSR count). The highest BCUT2D eigenvalue weighted by atomic mass is 16.5. The van der Waals surface area contributed by atoms with Gasteiger partial charge in [-0.05, 0) is 36.1 Å². The fourth-order valence-electron chi connectivity index (χ4n) is 3.70. The van der Waals surface area contributed by atoms with E-state index >= 15 is 0 Å². The second-order valence-electron chi connectivity index (χ2n) is 7.86. The predicted octanol–water partition coefficient (Wildman–Crippen LogP) is 4.28. The molecular weight excluding hydrogens is 416 g/mol. The summed E-state index contributed by atoms with van der Waals surface area (Å²) < 4.78 is 12.6. The van der Waals surface area contributed by atoms with Crippen LogP contribution in [-0.4, -0.2) is 45.7 Å². The third-order valence-corrected chi connectivity index (χ3v) is 5.49. The zero-order valence-corrected chi connectivity index (χ0v) is 19.4. The number of hydrogen-bond donors (Lipinski definition) is 1. The Morgan fingerprint density at radius 2 is 1.73 bits per heavy atom. The number of nitrogens with one attached hydrogen (secondary N) is 1. The smallest absolute Gasteiger partial charge is 0.184 e. The van der Waals surface area contributed by atoms with Crippen molar-refractivity contribution in [3.05, 3.63) is 65.5 Å². The van der Waals surface area contributed by atoms with E-state index in [0.717, 1.165) is 65.6 Å². The summed E-state index contributed by atoms with van der Waals surface area (Å²) in [6, 6.07) is 16.2. The van der Waals surface area contributed by atoms with E-state index in [1.54, 1.807) is 14.2 Å². The molecule has 0 bridgehead atoms. The Labute approximate surface area is 194 Å². The molecule has 0 aliphatic rings. The molecule has 0 amide bonds. The molecule has 4 aromatic rings. The Bertz CT molecular complexity index is 1190. The Kier molecular flexibility index (Phi) is 7.34. The van der Waals surface area contributed by atoms with Crippen LogP contribution in [0.4, 0.5) is 5.82 Å². The summed E-state index contributed by atoms with van der Waals surface area (Å²) in [6.45, 7) is 3.48. The van der Waals surface area contributed by atoms with Crippen molar-refractivity contribution in [3.8, 4) is 11.5 Å². The van der Waals surface area contributed by atoms with Gasteiger partial charge in [0.15, 0.2) is 28.5 Å². The van der Waals surface area contributed by atoms with Gasteiger partial charge < -0.3 is 14.8 Å². The van der Waals surface area contributed by atoms with Crippen LogP contribution >= 0.6 is 0 Å². The van der Waals surface area contributed by atoms with E-state index in [1.165, 1.54) is 0 Å². The summed E-state index contributed by atoms with van der Waals surface area (Å²) >= 11 is 0. The van der Waals surface area contributed by atoms with Gasteiger partial charge in [-0.1, -0.05) is 55.0 Å². The van der Waals surface area contributed by atoms with E-state index in [1.807, 2.05) is 41.1 Å². The molecule has 2 heterocycles. The molecular formula is C25H30N6O2. The first kappa shape index (κ1) is 22.5. The molecule has 172 valence electrons. The maximum Gasteiger partial charge on any atom is 0.184 e. The molecule has 0 aliphatic carbocycles. The number of fused-ring (bicyclic) bond motifs is 1. The van der Waals surface area contributed by atoms with Gasteiger partial charge in [-0.3, -0.25) is 0 Å². The number of benzene rings is 2. The highest BCUT2D eigenvalue weighted by molar-refractivity contribution is 5.82. The lowest BCUT2D eigenvalue weighted by Crippen LogP contribution is -2.10. The largest absolute Gasteiger partial charge is 0.493 e. The summed E-state index contributed by atoms with van der Waals surface area (Å²) in [4.78, 5) is 9.56. The minimum absolute atomic E-state index is 0.618. The summed E-state index contributed by atoms with van der Waals surface area (Å²) in [5.41, 5.74) is 3.75. The summed E-state index contributed by atoms with van der Waals surface area (Å²) in [6.07, 6.45) is 3.75. The van der Waals surface area contributed by atoms with Crippen molar-refractivity contribution in [2.45, 2.75) is 39.2 Å². The molecule has 2 aromatic carbocycles. The maximum atomic E-state index is 5.42. The number of aromatic nitrogens is 5. The van der Waals surface area contributed by atoms with Crippen molar-refractivity contribution < 1.29 is 9.47 Å². The number of methoxy groups -OCH3 is 2. The summed E-state index contributed by atoms with van der Waals surface area (Å²) in [5.74, 6) is 2.99. The van der Waals surface area contributed by atoms with Crippen molar-refractivity contribution in [3.63, 3.8) is 0 Å². The molecule has 8 heteroatoms. The molecule has 0 spiro atoms. The maximum absolute atomic E-state index is 5.42. The number of anilines is 1. The number of unbranched alkanes of at least 4 members (excludes halogenated alkanes) is 1. The lowest BCUT2D eigenvalue weighted by Gasteiger charge is -2.11. The fourth-order valence-corrected chi connectivity index (χ4v) is 3.70. The SMILES string of the molecule is CCCCc1nc(NCCc2ccc(OC)c(OC)c2)c2nnn(Cc3ccccc3)c2n1. The first-order chi connectivity index (χ1) is 16.2. The van der Waals surface area contributed by atoms with Crippen LogP contribution in [0, 0.1) is 0 Å². The van der Waals surface area contributed by atoms with Crippen molar-refractivity contribution in [1.82, 2.24) is 25.0 Å². The molecule has 2 aromatic heterocycles. The van der Waals surface area contributed by atoms with Crippen LogP contribution in [0.2, 0.25) is 0 Å². The quantitative estimate of drug-likeness (QED) is 0.368. The van der Waals surface area contributed by atoms with Gasteiger partial charge >= 0.3 is 0 Å². The van der Waals surface area contributed by atoms with Gasteiger partial charge in [0.2, 0.25) is 0 Å². The Morgan fingerprint density at radius 3 is 2.48 bits per heavy atom. The average Bonchev–Trinajstić information content (AvgIpc) is 3.25. The summed E-state index contributed by atoms with van der Waals surface area (Å²) in [7, 11) is 3.29. The molecule has 0 radical (unpaired) electrons. The first-order valence-corrected chi connectivity index (χ1v) is 11.3. The van der Waals surface area contributed by atoms with Crippen LogP contribution in [0.1, 0.15) is 36.7 Å². The molecule has 0 saturated heterocycles. The topological polar surface area (TPSA) is 87.0 Å². The van der Waals surface area contributed by atoms with Crippen LogP contribution in [0.15, 0.2) is 48.5 Å². The molecule has 0 fully saturated rings. The zero-order valence-electron chi connectivity index (χ0n) is 19.4. The Morgan fingerprint density at radius 1 is 0.909 bits per heavy atom. The third kappa shape index (κ3) is 5.39. The average molecular weight is 447 g/mol. The van der Waals surface area contributed by atoms with Gasteiger partial charge in [-0.25, -0.2) is 14.6 Å². The fraction of sp³-hybridized carbons (Fsp3) is 0.360. The lowest BCUT2D eigenvalue weighted by atomic mass is 10.1. The van der Waals surface area contributed by atoms with Gasteiger partial charge in [-0.2, -0.15) is 0 Å². The van der Waals surface area contributed by atoms with E-state index < -0.39 is 0 Å². The highest BCUT2D eigenvalue weighted by Gasteiger charge is 2.15. The molecule has 0 aliphatic heterocycles. The van der Waals surface area contributed by atoms with Gasteiger partial charge in [0.05, 0.1) is 20.8 Å². The lowest BCUT2D eigenvalue weighted by molar-refractivity contribution is 0.354. The van der Waals surface area contributed by atoms with E-state index in [-0.39, 0.29) is 0 Å². The van der Waals surface area contributed by atoms with E-state index in [4.69, 9.17) is 19.4 Å². The zero-order chi connectivity index (χ0) is 23.0. The van der Waals surface area contributed by atoms with Crippen LogP contribution in [0.5, 0.6) is 11.5 Å². The van der Waals surface area contributed by atoms with Crippen LogP contribution in [0.3, 0.4) is 0 Å². The normalized spacial score (nSPS) is 11.0. The summed E-state index contributed by atoms with van der Waals surface area (Å²) in [5, 5.41) is 12.2. The van der Waals surface area contributed by atoms with Gasteiger partial charge in [-0.15, -0.1) is 5.10 Å². The molecule has 1 N–H and O–H groups in total. The van der Waals surface area contributed by atoms with Crippen LogP contribution in [0.25, 0.3) is 11.2 Å². The highest BCUT2D eigenvalue weighted by Crippen LogP contribution is 2.28. The molecule has 0 unspecified atom stereocenters. The number of ether oxygens (including phenoxy) is 2. The standard InChI is InChI=1S/C25H30N6O2/c1-4-5-11-22-27-24(26-15-14-18-12-13-20(32-2)21(16-18)33-3)23-25(28-22)31(30-29-23)17-19-9-7-6-8-10-19/h6-10,12-13,16H,4-5,11,14-15,17H2,1-3H3,(H,26,27,28). The first-order valence-electron chi connectivity index (χ1n) is 11.3. The van der Waals surface area contributed by atoms with Gasteiger partial charge in [0.1, 0.15) is 5.82 Å². The van der Waals surface area contributed by atoms with Crippen molar-refractivity contribution in [1.29, 1.82) is 0 Å². The minimum Gasteiger partial charge on any atom is -0.493 e. The molecule has 0 atom stereocenters. The number of nitrogens with zero attached hydrogens (tertiary/aromatic N) is 5. The van der Waals surface area contributed by atoms with Gasteiger partial charge in [0, 0.05) is 13.0 Å². The number of hydrogen-bond acceptors (Lipinski definition) is 7. The van der Waals surface area contributed by atoms with Crippen molar-refractivity contribution in [2.24, 2.45) is 0 Å². The monoisotopic (exact) mass is 446 g/mol. The molecule has 33 heavy (non-hydrogen) atoms. The minimum atomic E-state index is 0.618. The molecule has 8 nitrogen and oxygen atoms in total. The van der Waals surface area contributed by atoms with Crippen molar-refractivity contribution in [2.75, 3.05) is 26.1 Å². The van der Waals surface area contributed by atoms with Crippen molar-refractivity contribution >= 4 is 17.0 Å².